The van der Waals surface area contributed by atoms with Crippen LogP contribution in [0.5, 0.6) is 0 Å². The van der Waals surface area contributed by atoms with Gasteiger partial charge in [0.25, 0.3) is 5.91 Å². The van der Waals surface area contributed by atoms with Gasteiger partial charge in [-0.2, -0.15) is 0 Å². The van der Waals surface area contributed by atoms with Crippen LogP contribution in [0.25, 0.3) is 11.3 Å². The molecule has 0 saturated carbocycles. The molecular weight excluding hydrogens is 302 g/mol. The average Bonchev–Trinajstić information content (AvgIpc) is 2.98. The quantitative estimate of drug-likeness (QED) is 0.923. The van der Waals surface area contributed by atoms with Gasteiger partial charge >= 0.3 is 0 Å². The van der Waals surface area contributed by atoms with Crippen molar-refractivity contribution in [2.24, 2.45) is 5.73 Å². The molecule has 1 saturated heterocycles. The number of carbonyl (C=O) groups is 1. The molecule has 0 radical (unpaired) electrons. The molecule has 0 aliphatic carbocycles. The highest BCUT2D eigenvalue weighted by atomic mass is 35.5. The summed E-state index contributed by atoms with van der Waals surface area (Å²) in [5.41, 5.74) is 8.67. The molecule has 2 N–H and O–H groups in total. The first-order chi connectivity index (χ1) is 10.1. The number of carbonyl (C=O) groups excluding carboxylic acids is 1. The molecule has 1 fully saturated rings. The van der Waals surface area contributed by atoms with E-state index >= 15 is 0 Å². The van der Waals surface area contributed by atoms with Crippen LogP contribution in [0, 0.1) is 6.92 Å². The van der Waals surface area contributed by atoms with Crippen LogP contribution in [0.3, 0.4) is 0 Å². The Hall–Kier alpha value is -1.85. The van der Waals surface area contributed by atoms with E-state index in [0.717, 1.165) is 18.4 Å². The SMILES string of the molecule is Cc1ccc(-c2cc(C(=O)N3CCC(N)CC3)on2)cc1.Cl. The molecule has 1 aromatic heterocycles. The Kier molecular flexibility index (Phi) is 5.21. The minimum atomic E-state index is -0.104. The first-order valence-corrected chi connectivity index (χ1v) is 7.22. The molecule has 0 spiro atoms. The van der Waals surface area contributed by atoms with Crippen molar-refractivity contribution < 1.29 is 9.32 Å². The van der Waals surface area contributed by atoms with Crippen LogP contribution in [-0.4, -0.2) is 35.1 Å². The van der Waals surface area contributed by atoms with Crippen LogP contribution in [-0.2, 0) is 0 Å². The second-order valence-electron chi connectivity index (χ2n) is 5.57. The largest absolute Gasteiger partial charge is 0.350 e. The van der Waals surface area contributed by atoms with Crippen molar-refractivity contribution in [3.63, 3.8) is 0 Å². The van der Waals surface area contributed by atoms with Crippen LogP contribution in [0.2, 0.25) is 0 Å². The van der Waals surface area contributed by atoms with Gasteiger partial charge in [0.1, 0.15) is 5.69 Å². The number of piperidine rings is 1. The normalized spacial score (nSPS) is 15.5. The number of rotatable bonds is 2. The van der Waals surface area contributed by atoms with E-state index in [4.69, 9.17) is 10.3 Å². The zero-order valence-electron chi connectivity index (χ0n) is 12.5. The van der Waals surface area contributed by atoms with Crippen LogP contribution in [0.1, 0.15) is 29.0 Å². The van der Waals surface area contributed by atoms with Gasteiger partial charge in [-0.1, -0.05) is 35.0 Å². The number of nitrogens with two attached hydrogens (primary N) is 1. The van der Waals surface area contributed by atoms with Gasteiger partial charge in [0.05, 0.1) is 0 Å². The number of amides is 1. The fourth-order valence-electron chi connectivity index (χ4n) is 2.49. The third kappa shape index (κ3) is 3.48. The summed E-state index contributed by atoms with van der Waals surface area (Å²) >= 11 is 0. The van der Waals surface area contributed by atoms with Crippen LogP contribution >= 0.6 is 12.4 Å². The molecule has 1 aromatic carbocycles. The molecule has 0 bridgehead atoms. The minimum absolute atomic E-state index is 0. The predicted octanol–water partition coefficient (Wildman–Crippen LogP) is 2.64. The Morgan fingerprint density at radius 1 is 1.27 bits per heavy atom. The van der Waals surface area contributed by atoms with Crippen molar-refractivity contribution in [3.05, 3.63) is 41.7 Å². The van der Waals surface area contributed by atoms with Crippen LogP contribution in [0.15, 0.2) is 34.9 Å². The topological polar surface area (TPSA) is 72.4 Å². The number of hydrogen-bond donors (Lipinski definition) is 1. The lowest BCUT2D eigenvalue weighted by Gasteiger charge is -2.29. The Labute approximate surface area is 135 Å². The molecule has 0 unspecified atom stereocenters. The van der Waals surface area contributed by atoms with Crippen molar-refractivity contribution in [1.82, 2.24) is 10.1 Å². The number of halogens is 1. The third-order valence-corrected chi connectivity index (χ3v) is 3.90. The number of likely N-dealkylation sites (tertiary alicyclic amines) is 1. The van der Waals surface area contributed by atoms with Crippen molar-refractivity contribution in [3.8, 4) is 11.3 Å². The first kappa shape index (κ1) is 16.5. The van der Waals surface area contributed by atoms with E-state index in [0.29, 0.717) is 24.5 Å². The molecular formula is C16H20ClN3O2. The number of nitrogens with zero attached hydrogens (tertiary/aromatic N) is 2. The first-order valence-electron chi connectivity index (χ1n) is 7.22. The highest BCUT2D eigenvalue weighted by Gasteiger charge is 2.24. The van der Waals surface area contributed by atoms with Crippen molar-refractivity contribution in [2.45, 2.75) is 25.8 Å². The number of aryl methyl sites for hydroxylation is 1. The predicted molar refractivity (Wildman–Crippen MR) is 87.0 cm³/mol. The van der Waals surface area contributed by atoms with E-state index in [9.17, 15) is 4.79 Å². The van der Waals surface area contributed by atoms with Gasteiger partial charge in [0.2, 0.25) is 5.76 Å². The number of aromatic nitrogens is 1. The zero-order valence-corrected chi connectivity index (χ0v) is 13.3. The molecule has 5 nitrogen and oxygen atoms in total. The molecule has 1 aliphatic heterocycles. The van der Waals surface area contributed by atoms with Gasteiger partial charge in [-0.05, 0) is 19.8 Å². The fraction of sp³-hybridized carbons (Fsp3) is 0.375. The Morgan fingerprint density at radius 2 is 1.91 bits per heavy atom. The summed E-state index contributed by atoms with van der Waals surface area (Å²) in [5, 5.41) is 4.00. The zero-order chi connectivity index (χ0) is 14.8. The summed E-state index contributed by atoms with van der Waals surface area (Å²) in [4.78, 5) is 14.1. The molecule has 3 rings (SSSR count). The third-order valence-electron chi connectivity index (χ3n) is 3.90. The molecule has 0 atom stereocenters. The lowest BCUT2D eigenvalue weighted by molar-refractivity contribution is 0.0673. The lowest BCUT2D eigenvalue weighted by Crippen LogP contribution is -2.42. The summed E-state index contributed by atoms with van der Waals surface area (Å²) in [7, 11) is 0. The molecule has 2 heterocycles. The van der Waals surface area contributed by atoms with E-state index in [1.54, 1.807) is 11.0 Å². The maximum Gasteiger partial charge on any atom is 0.292 e. The minimum Gasteiger partial charge on any atom is -0.350 e. The summed E-state index contributed by atoms with van der Waals surface area (Å²) in [6, 6.07) is 9.88. The average molecular weight is 322 g/mol. The summed E-state index contributed by atoms with van der Waals surface area (Å²) in [6.07, 6.45) is 1.68. The molecule has 1 amide bonds. The Morgan fingerprint density at radius 3 is 2.55 bits per heavy atom. The second kappa shape index (κ2) is 6.94. The molecule has 6 heteroatoms. The smallest absolute Gasteiger partial charge is 0.292 e. The van der Waals surface area contributed by atoms with Gasteiger partial charge in [-0.15, -0.1) is 12.4 Å². The lowest BCUT2D eigenvalue weighted by atomic mass is 10.1. The van der Waals surface area contributed by atoms with Crippen LogP contribution in [0.4, 0.5) is 0 Å². The van der Waals surface area contributed by atoms with Crippen molar-refractivity contribution in [2.75, 3.05) is 13.1 Å². The standard InChI is InChI=1S/C16H19N3O2.ClH/c1-11-2-4-12(5-3-11)14-10-15(21-18-14)16(20)19-8-6-13(17)7-9-19;/h2-5,10,13H,6-9,17H2,1H3;1H. The van der Waals surface area contributed by atoms with Gasteiger partial charge in [0, 0.05) is 30.8 Å². The molecule has 2 aromatic rings. The van der Waals surface area contributed by atoms with Crippen molar-refractivity contribution in [1.29, 1.82) is 0 Å². The highest BCUT2D eigenvalue weighted by molar-refractivity contribution is 5.92. The van der Waals surface area contributed by atoms with Gasteiger partial charge < -0.3 is 15.2 Å². The number of benzene rings is 1. The molecule has 118 valence electrons. The number of hydrogen-bond acceptors (Lipinski definition) is 4. The van der Waals surface area contributed by atoms with E-state index in [1.807, 2.05) is 31.2 Å². The molecule has 1 aliphatic rings. The van der Waals surface area contributed by atoms with Gasteiger partial charge in [0.15, 0.2) is 0 Å². The fourth-order valence-corrected chi connectivity index (χ4v) is 2.49. The van der Waals surface area contributed by atoms with Gasteiger partial charge in [-0.25, -0.2) is 0 Å². The maximum absolute atomic E-state index is 12.4. The Bertz CT molecular complexity index is 631. The van der Waals surface area contributed by atoms with Gasteiger partial charge in [-0.3, -0.25) is 4.79 Å². The summed E-state index contributed by atoms with van der Waals surface area (Å²) in [6.45, 7) is 3.39. The maximum atomic E-state index is 12.4. The summed E-state index contributed by atoms with van der Waals surface area (Å²) in [5.74, 6) is 0.189. The van der Waals surface area contributed by atoms with E-state index in [-0.39, 0.29) is 24.4 Å². The second-order valence-corrected chi connectivity index (χ2v) is 5.57. The Balaban J connectivity index is 0.00000176. The van der Waals surface area contributed by atoms with E-state index in [1.165, 1.54) is 5.56 Å². The van der Waals surface area contributed by atoms with E-state index in [2.05, 4.69) is 5.16 Å². The monoisotopic (exact) mass is 321 g/mol. The summed E-state index contributed by atoms with van der Waals surface area (Å²) < 4.78 is 5.22. The highest BCUT2D eigenvalue weighted by Crippen LogP contribution is 2.21. The van der Waals surface area contributed by atoms with Crippen molar-refractivity contribution >= 4 is 18.3 Å². The van der Waals surface area contributed by atoms with E-state index < -0.39 is 0 Å². The molecule has 22 heavy (non-hydrogen) atoms. The van der Waals surface area contributed by atoms with Crippen LogP contribution < -0.4 is 5.73 Å².